The van der Waals surface area contributed by atoms with Crippen molar-refractivity contribution in [2.75, 3.05) is 6.54 Å². The van der Waals surface area contributed by atoms with Gasteiger partial charge < -0.3 is 20.4 Å². The Morgan fingerprint density at radius 3 is 2.52 bits per heavy atom. The summed E-state index contributed by atoms with van der Waals surface area (Å²) in [5.41, 5.74) is 1.47. The molecule has 2 aromatic heterocycles. The number of H-pyrrole nitrogens is 1. The number of aromatic nitrogens is 2. The number of ether oxygens (including phenoxy) is 1. The third-order valence-electron chi connectivity index (χ3n) is 8.02. The van der Waals surface area contributed by atoms with Gasteiger partial charge in [0.05, 0.1) is 0 Å². The van der Waals surface area contributed by atoms with E-state index in [9.17, 15) is 14.0 Å². The first-order valence-electron chi connectivity index (χ1n) is 13.8. The molecular weight excluding hydrogens is 507 g/mol. The van der Waals surface area contributed by atoms with Crippen molar-refractivity contribution in [1.29, 1.82) is 0 Å². The average molecular weight is 543 g/mol. The highest BCUT2D eigenvalue weighted by atomic mass is 19.1. The maximum Gasteiger partial charge on any atom is 0.408 e. The summed E-state index contributed by atoms with van der Waals surface area (Å²) >= 11 is 0. The standard InChI is InChI=1S/C32H35FN4O3/c1-31(19-24-20-35-27-14-6-4-12-25(24)27,37-30(39)40-21-23-11-3-5-13-26(23)33)29(38)36-22-32(16-8-2-9-17-32)28-15-7-10-18-34-28/h3-7,10-15,18,20,35H,2,8-9,16-17,19,21-22H2,1H3,(H,36,38)(H,37,39)/t31-/m0/s1. The monoisotopic (exact) mass is 542 g/mol. The van der Waals surface area contributed by atoms with E-state index >= 15 is 0 Å². The molecule has 0 radical (unpaired) electrons. The Balaban J connectivity index is 1.36. The van der Waals surface area contributed by atoms with Crippen molar-refractivity contribution >= 4 is 22.9 Å². The summed E-state index contributed by atoms with van der Waals surface area (Å²) in [4.78, 5) is 34.8. The molecule has 1 aliphatic carbocycles. The van der Waals surface area contributed by atoms with E-state index < -0.39 is 17.4 Å². The molecule has 4 aromatic rings. The van der Waals surface area contributed by atoms with Crippen LogP contribution in [0.2, 0.25) is 0 Å². The van der Waals surface area contributed by atoms with Gasteiger partial charge in [-0.05, 0) is 49.6 Å². The molecule has 2 aromatic carbocycles. The zero-order valence-corrected chi connectivity index (χ0v) is 22.7. The highest BCUT2D eigenvalue weighted by Gasteiger charge is 2.40. The number of fused-ring (bicyclic) bond motifs is 1. The van der Waals surface area contributed by atoms with Crippen LogP contribution in [0.5, 0.6) is 0 Å². The molecule has 8 heteroatoms. The molecule has 5 rings (SSSR count). The number of hydrogen-bond donors (Lipinski definition) is 3. The van der Waals surface area contributed by atoms with Gasteiger partial charge in [-0.1, -0.05) is 61.7 Å². The van der Waals surface area contributed by atoms with Crippen molar-refractivity contribution in [1.82, 2.24) is 20.6 Å². The molecule has 2 heterocycles. The number of nitrogens with one attached hydrogen (secondary N) is 3. The van der Waals surface area contributed by atoms with Crippen LogP contribution in [0.3, 0.4) is 0 Å². The number of amides is 2. The Morgan fingerprint density at radius 2 is 1.75 bits per heavy atom. The number of pyridine rings is 1. The second kappa shape index (κ2) is 11.9. The maximum absolute atomic E-state index is 14.1. The Labute approximate surface area is 233 Å². The summed E-state index contributed by atoms with van der Waals surface area (Å²) in [5, 5.41) is 6.93. The predicted molar refractivity (Wildman–Crippen MR) is 152 cm³/mol. The van der Waals surface area contributed by atoms with Gasteiger partial charge in [0.15, 0.2) is 0 Å². The summed E-state index contributed by atoms with van der Waals surface area (Å²) < 4.78 is 19.4. The molecule has 1 aliphatic rings. The predicted octanol–water partition coefficient (Wildman–Crippen LogP) is 5.95. The molecule has 0 saturated heterocycles. The highest BCUT2D eigenvalue weighted by Crippen LogP contribution is 2.38. The van der Waals surface area contributed by atoms with Gasteiger partial charge in [0.1, 0.15) is 18.0 Å². The van der Waals surface area contributed by atoms with Gasteiger partial charge in [-0.3, -0.25) is 9.78 Å². The van der Waals surface area contributed by atoms with E-state index in [1.54, 1.807) is 31.3 Å². The van der Waals surface area contributed by atoms with E-state index in [1.165, 1.54) is 6.07 Å². The zero-order chi connectivity index (χ0) is 28.0. The molecule has 1 fully saturated rings. The van der Waals surface area contributed by atoms with Crippen molar-refractivity contribution in [2.24, 2.45) is 0 Å². The second-order valence-corrected chi connectivity index (χ2v) is 10.9. The van der Waals surface area contributed by atoms with Crippen LogP contribution in [0.4, 0.5) is 9.18 Å². The van der Waals surface area contributed by atoms with Gasteiger partial charge in [0, 0.05) is 52.9 Å². The van der Waals surface area contributed by atoms with Gasteiger partial charge in [-0.15, -0.1) is 0 Å². The molecule has 208 valence electrons. The van der Waals surface area contributed by atoms with E-state index in [0.29, 0.717) is 6.54 Å². The molecule has 0 bridgehead atoms. The van der Waals surface area contributed by atoms with Gasteiger partial charge >= 0.3 is 6.09 Å². The van der Waals surface area contributed by atoms with Crippen LogP contribution < -0.4 is 10.6 Å². The number of halogens is 1. The van der Waals surface area contributed by atoms with Gasteiger partial charge in [0.25, 0.3) is 0 Å². The van der Waals surface area contributed by atoms with Crippen molar-refractivity contribution in [3.63, 3.8) is 0 Å². The van der Waals surface area contributed by atoms with Gasteiger partial charge in [-0.2, -0.15) is 0 Å². The minimum Gasteiger partial charge on any atom is -0.445 e. The van der Waals surface area contributed by atoms with Crippen LogP contribution in [0.1, 0.15) is 55.8 Å². The number of benzene rings is 2. The highest BCUT2D eigenvalue weighted by molar-refractivity contribution is 5.91. The normalized spacial score (nSPS) is 16.1. The van der Waals surface area contributed by atoms with Crippen LogP contribution in [0.25, 0.3) is 10.9 Å². The van der Waals surface area contributed by atoms with E-state index in [1.807, 2.05) is 48.7 Å². The first-order valence-corrected chi connectivity index (χ1v) is 13.8. The summed E-state index contributed by atoms with van der Waals surface area (Å²) in [6.45, 7) is 1.87. The number of rotatable bonds is 9. The summed E-state index contributed by atoms with van der Waals surface area (Å²) in [7, 11) is 0. The van der Waals surface area contributed by atoms with Crippen molar-refractivity contribution < 1.29 is 18.7 Å². The lowest BCUT2D eigenvalue weighted by molar-refractivity contribution is -0.127. The molecule has 2 amide bonds. The molecule has 0 spiro atoms. The molecule has 0 unspecified atom stereocenters. The Morgan fingerprint density at radius 1 is 1.00 bits per heavy atom. The van der Waals surface area contributed by atoms with Gasteiger partial charge in [-0.25, -0.2) is 9.18 Å². The van der Waals surface area contributed by atoms with Crippen LogP contribution in [0.15, 0.2) is 79.1 Å². The van der Waals surface area contributed by atoms with Crippen LogP contribution in [0, 0.1) is 5.82 Å². The number of hydrogen-bond acceptors (Lipinski definition) is 4. The molecule has 0 aliphatic heterocycles. The third-order valence-corrected chi connectivity index (χ3v) is 8.02. The Kier molecular flexibility index (Phi) is 8.14. The van der Waals surface area contributed by atoms with Gasteiger partial charge in [0.2, 0.25) is 5.91 Å². The largest absolute Gasteiger partial charge is 0.445 e. The fourth-order valence-corrected chi connectivity index (χ4v) is 5.73. The molecule has 1 saturated carbocycles. The van der Waals surface area contributed by atoms with Crippen molar-refractivity contribution in [3.05, 3.63) is 102 Å². The van der Waals surface area contributed by atoms with Crippen LogP contribution in [-0.2, 0) is 28.0 Å². The zero-order valence-electron chi connectivity index (χ0n) is 22.7. The van der Waals surface area contributed by atoms with Crippen LogP contribution in [-0.4, -0.2) is 34.1 Å². The number of carbonyl (C=O) groups is 2. The number of carbonyl (C=O) groups excluding carboxylic acids is 2. The van der Waals surface area contributed by atoms with E-state index in [2.05, 4.69) is 20.6 Å². The Hall–Kier alpha value is -4.20. The number of aromatic amines is 1. The third kappa shape index (κ3) is 6.01. The smallest absolute Gasteiger partial charge is 0.408 e. The average Bonchev–Trinajstić information content (AvgIpc) is 3.38. The summed E-state index contributed by atoms with van der Waals surface area (Å²) in [5.74, 6) is -0.775. The molecule has 3 N–H and O–H groups in total. The van der Waals surface area contributed by atoms with Crippen molar-refractivity contribution in [2.45, 2.75) is 63.0 Å². The number of alkyl carbamates (subject to hydrolysis) is 1. The molecular formula is C32H35FN4O3. The summed E-state index contributed by atoms with van der Waals surface area (Å²) in [6, 6.07) is 19.8. The SMILES string of the molecule is C[C@@](Cc1c[nH]c2ccccc12)(NC(=O)OCc1ccccc1F)C(=O)NCC1(c2ccccn2)CCCCC1. The van der Waals surface area contributed by atoms with E-state index in [-0.39, 0.29) is 29.9 Å². The first-order chi connectivity index (χ1) is 19.4. The minimum atomic E-state index is -1.34. The number of para-hydroxylation sites is 1. The second-order valence-electron chi connectivity index (χ2n) is 10.9. The Bertz CT molecular complexity index is 1470. The van der Waals surface area contributed by atoms with Crippen LogP contribution >= 0.6 is 0 Å². The molecule has 1 atom stereocenters. The van der Waals surface area contributed by atoms with Crippen molar-refractivity contribution in [3.8, 4) is 0 Å². The van der Waals surface area contributed by atoms with E-state index in [0.717, 1.165) is 54.3 Å². The number of nitrogens with zero attached hydrogens (tertiary/aromatic N) is 1. The van der Waals surface area contributed by atoms with E-state index in [4.69, 9.17) is 4.74 Å². The topological polar surface area (TPSA) is 96.1 Å². The lowest BCUT2D eigenvalue weighted by Gasteiger charge is -2.38. The quantitative estimate of drug-likeness (QED) is 0.244. The molecule has 40 heavy (non-hydrogen) atoms. The summed E-state index contributed by atoms with van der Waals surface area (Å²) in [6.07, 6.45) is 8.26. The molecule has 7 nitrogen and oxygen atoms in total. The maximum atomic E-state index is 14.1. The minimum absolute atomic E-state index is 0.230. The fourth-order valence-electron chi connectivity index (χ4n) is 5.73. The fraction of sp³-hybridized carbons (Fsp3) is 0.344. The lowest BCUT2D eigenvalue weighted by Crippen LogP contribution is -2.59. The first kappa shape index (κ1) is 27.4. The lowest BCUT2D eigenvalue weighted by atomic mass is 9.71.